The van der Waals surface area contributed by atoms with Gasteiger partial charge in [0.2, 0.25) is 5.91 Å². The lowest BCUT2D eigenvalue weighted by Crippen LogP contribution is -2.40. The molecule has 6 nitrogen and oxygen atoms in total. The van der Waals surface area contributed by atoms with Gasteiger partial charge >= 0.3 is 0 Å². The van der Waals surface area contributed by atoms with Crippen molar-refractivity contribution in [2.75, 3.05) is 26.8 Å². The lowest BCUT2D eigenvalue weighted by Gasteiger charge is -2.25. The number of ether oxygens (including phenoxy) is 1. The third-order valence-corrected chi connectivity index (χ3v) is 5.22. The van der Waals surface area contributed by atoms with Crippen LogP contribution in [0.5, 0.6) is 0 Å². The van der Waals surface area contributed by atoms with Crippen molar-refractivity contribution in [3.05, 3.63) is 70.9 Å². The van der Waals surface area contributed by atoms with Gasteiger partial charge in [0.05, 0.1) is 12.6 Å². The Morgan fingerprint density at radius 1 is 1.18 bits per heavy atom. The number of hydrogen-bond donors (Lipinski definition) is 2. The van der Waals surface area contributed by atoms with Crippen LogP contribution in [0.1, 0.15) is 33.2 Å². The van der Waals surface area contributed by atoms with Gasteiger partial charge in [-0.25, -0.2) is 0 Å². The van der Waals surface area contributed by atoms with E-state index in [0.29, 0.717) is 18.7 Å². The van der Waals surface area contributed by atoms with Gasteiger partial charge in [0.1, 0.15) is 6.54 Å². The number of rotatable bonds is 6. The van der Waals surface area contributed by atoms with Gasteiger partial charge in [-0.15, -0.1) is 0 Å². The molecule has 1 aliphatic rings. The number of H-pyrrole nitrogens is 1. The second kappa shape index (κ2) is 7.48. The number of aromatic amines is 1. The predicted molar refractivity (Wildman–Crippen MR) is 107 cm³/mol. The number of amides is 2. The van der Waals surface area contributed by atoms with Crippen molar-refractivity contribution >= 4 is 22.7 Å². The van der Waals surface area contributed by atoms with Crippen LogP contribution < -0.4 is 5.32 Å². The standard InChI is InChI=1S/C22H23N3O3/c1-14-20(17-9-5-6-10-18(17)24-14)21-15-7-3-4-8-16(15)22(27)25(21)13-19(26)23-11-12-28-2/h3-10,21,24H,11-13H2,1-2H3,(H,23,26)/t21-/m0/s1. The summed E-state index contributed by atoms with van der Waals surface area (Å²) in [4.78, 5) is 30.7. The van der Waals surface area contributed by atoms with Crippen LogP contribution in [0.2, 0.25) is 0 Å². The summed E-state index contributed by atoms with van der Waals surface area (Å²) in [6.07, 6.45) is 0. The van der Waals surface area contributed by atoms with E-state index in [2.05, 4.69) is 16.4 Å². The first-order chi connectivity index (χ1) is 13.6. The Labute approximate surface area is 163 Å². The number of hydrogen-bond acceptors (Lipinski definition) is 3. The molecule has 0 saturated carbocycles. The maximum absolute atomic E-state index is 13.1. The van der Waals surface area contributed by atoms with Crippen LogP contribution in [-0.4, -0.2) is 48.5 Å². The van der Waals surface area contributed by atoms with E-state index in [9.17, 15) is 9.59 Å². The predicted octanol–water partition coefficient (Wildman–Crippen LogP) is 2.78. The van der Waals surface area contributed by atoms with E-state index in [4.69, 9.17) is 4.74 Å². The minimum absolute atomic E-state index is 0.000835. The van der Waals surface area contributed by atoms with Crippen LogP contribution in [-0.2, 0) is 9.53 Å². The smallest absolute Gasteiger partial charge is 0.255 e. The molecular formula is C22H23N3O3. The molecule has 0 radical (unpaired) electrons. The number of para-hydroxylation sites is 1. The Kier molecular flexibility index (Phi) is 4.88. The molecule has 1 aromatic heterocycles. The first kappa shape index (κ1) is 18.3. The molecule has 2 amide bonds. The highest BCUT2D eigenvalue weighted by Crippen LogP contribution is 2.42. The van der Waals surface area contributed by atoms with E-state index in [1.807, 2.05) is 49.4 Å². The van der Waals surface area contributed by atoms with Gasteiger partial charge in [-0.1, -0.05) is 36.4 Å². The van der Waals surface area contributed by atoms with Crippen LogP contribution >= 0.6 is 0 Å². The Morgan fingerprint density at radius 3 is 2.75 bits per heavy atom. The lowest BCUT2D eigenvalue weighted by molar-refractivity contribution is -0.122. The molecular weight excluding hydrogens is 354 g/mol. The summed E-state index contributed by atoms with van der Waals surface area (Å²) in [7, 11) is 1.59. The van der Waals surface area contributed by atoms with E-state index >= 15 is 0 Å². The summed E-state index contributed by atoms with van der Waals surface area (Å²) < 4.78 is 4.98. The molecule has 2 heterocycles. The van der Waals surface area contributed by atoms with Gasteiger partial charge in [-0.05, 0) is 24.6 Å². The maximum atomic E-state index is 13.1. The average Bonchev–Trinajstić information content (AvgIpc) is 3.16. The minimum Gasteiger partial charge on any atom is -0.383 e. The van der Waals surface area contributed by atoms with Gasteiger partial charge in [-0.3, -0.25) is 9.59 Å². The monoisotopic (exact) mass is 377 g/mol. The van der Waals surface area contributed by atoms with Crippen LogP contribution in [0.4, 0.5) is 0 Å². The number of nitrogens with zero attached hydrogens (tertiary/aromatic N) is 1. The molecule has 2 N–H and O–H groups in total. The molecule has 144 valence electrons. The first-order valence-corrected chi connectivity index (χ1v) is 9.34. The topological polar surface area (TPSA) is 74.4 Å². The molecule has 0 aliphatic carbocycles. The number of nitrogens with one attached hydrogen (secondary N) is 2. The number of methoxy groups -OCH3 is 1. The van der Waals surface area contributed by atoms with E-state index < -0.39 is 0 Å². The molecule has 1 atom stereocenters. The Hall–Kier alpha value is -3.12. The van der Waals surface area contributed by atoms with Gasteiger partial charge < -0.3 is 19.9 Å². The summed E-state index contributed by atoms with van der Waals surface area (Å²) in [6, 6.07) is 15.4. The van der Waals surface area contributed by atoms with E-state index in [-0.39, 0.29) is 24.4 Å². The van der Waals surface area contributed by atoms with Gasteiger partial charge in [0, 0.05) is 41.4 Å². The number of aromatic nitrogens is 1. The van der Waals surface area contributed by atoms with Crippen molar-refractivity contribution < 1.29 is 14.3 Å². The second-order valence-corrected chi connectivity index (χ2v) is 6.97. The summed E-state index contributed by atoms with van der Waals surface area (Å²) in [6.45, 7) is 2.87. The lowest BCUT2D eigenvalue weighted by atomic mass is 9.95. The van der Waals surface area contributed by atoms with Gasteiger partial charge in [0.25, 0.3) is 5.91 Å². The van der Waals surface area contributed by atoms with Crippen molar-refractivity contribution in [2.24, 2.45) is 0 Å². The first-order valence-electron chi connectivity index (χ1n) is 9.34. The summed E-state index contributed by atoms with van der Waals surface area (Å²) in [5.74, 6) is -0.312. The quantitative estimate of drug-likeness (QED) is 0.649. The average molecular weight is 377 g/mol. The fraction of sp³-hybridized carbons (Fsp3) is 0.273. The van der Waals surface area contributed by atoms with E-state index in [1.165, 1.54) is 0 Å². The van der Waals surface area contributed by atoms with Crippen molar-refractivity contribution in [1.29, 1.82) is 0 Å². The number of carbonyl (C=O) groups excluding carboxylic acids is 2. The van der Waals surface area contributed by atoms with Crippen molar-refractivity contribution in [1.82, 2.24) is 15.2 Å². The normalized spacial score (nSPS) is 15.9. The molecule has 0 fully saturated rings. The molecule has 6 heteroatoms. The zero-order valence-electron chi connectivity index (χ0n) is 16.0. The highest BCUT2D eigenvalue weighted by molar-refractivity contribution is 6.02. The highest BCUT2D eigenvalue weighted by atomic mass is 16.5. The van der Waals surface area contributed by atoms with Crippen molar-refractivity contribution in [3.63, 3.8) is 0 Å². The van der Waals surface area contributed by atoms with Crippen LogP contribution in [0.15, 0.2) is 48.5 Å². The van der Waals surface area contributed by atoms with Crippen LogP contribution in [0.3, 0.4) is 0 Å². The van der Waals surface area contributed by atoms with E-state index in [1.54, 1.807) is 12.0 Å². The number of benzene rings is 2. The summed E-state index contributed by atoms with van der Waals surface area (Å²) >= 11 is 0. The van der Waals surface area contributed by atoms with Gasteiger partial charge in [-0.2, -0.15) is 0 Å². The summed E-state index contributed by atoms with van der Waals surface area (Å²) in [5.41, 5.74) is 4.65. The van der Waals surface area contributed by atoms with Crippen LogP contribution in [0, 0.1) is 6.92 Å². The molecule has 2 aromatic carbocycles. The second-order valence-electron chi connectivity index (χ2n) is 6.97. The number of carbonyl (C=O) groups is 2. The highest BCUT2D eigenvalue weighted by Gasteiger charge is 2.40. The van der Waals surface area contributed by atoms with Crippen molar-refractivity contribution in [2.45, 2.75) is 13.0 Å². The fourth-order valence-electron chi connectivity index (χ4n) is 4.00. The van der Waals surface area contributed by atoms with Gasteiger partial charge in [0.15, 0.2) is 0 Å². The third kappa shape index (κ3) is 3.05. The molecule has 1 aliphatic heterocycles. The third-order valence-electron chi connectivity index (χ3n) is 5.22. The zero-order chi connectivity index (χ0) is 19.7. The molecule has 28 heavy (non-hydrogen) atoms. The largest absolute Gasteiger partial charge is 0.383 e. The molecule has 0 unspecified atom stereocenters. The molecule has 0 saturated heterocycles. The molecule has 4 rings (SSSR count). The molecule has 0 spiro atoms. The molecule has 0 bridgehead atoms. The zero-order valence-corrected chi connectivity index (χ0v) is 16.0. The number of aryl methyl sites for hydroxylation is 1. The Balaban J connectivity index is 1.76. The SMILES string of the molecule is COCCNC(=O)CN1C(=O)c2ccccc2[C@H]1c1c(C)[nH]c2ccccc12. The Bertz CT molecular complexity index is 1040. The summed E-state index contributed by atoms with van der Waals surface area (Å²) in [5, 5.41) is 3.88. The van der Waals surface area contributed by atoms with Crippen molar-refractivity contribution in [3.8, 4) is 0 Å². The van der Waals surface area contributed by atoms with E-state index in [0.717, 1.165) is 27.7 Å². The number of fused-ring (bicyclic) bond motifs is 2. The van der Waals surface area contributed by atoms with Crippen LogP contribution in [0.25, 0.3) is 10.9 Å². The minimum atomic E-state index is -0.298. The fourth-order valence-corrected chi connectivity index (χ4v) is 4.00. The Morgan fingerprint density at radius 2 is 1.93 bits per heavy atom. The molecule has 3 aromatic rings. The maximum Gasteiger partial charge on any atom is 0.255 e.